The number of thioether (sulfide) groups is 1. The molecule has 1 amide bonds. The van der Waals surface area contributed by atoms with Crippen molar-refractivity contribution in [1.29, 1.82) is 0 Å². The summed E-state index contributed by atoms with van der Waals surface area (Å²) in [5, 5.41) is 3.69. The van der Waals surface area contributed by atoms with Gasteiger partial charge in [-0.1, -0.05) is 11.6 Å². The van der Waals surface area contributed by atoms with Crippen LogP contribution in [0.4, 0.5) is 0 Å². The van der Waals surface area contributed by atoms with Gasteiger partial charge in [0, 0.05) is 41.2 Å². The fourth-order valence-electron chi connectivity index (χ4n) is 2.42. The third-order valence-corrected chi connectivity index (χ3v) is 6.27. The Labute approximate surface area is 146 Å². The number of hydrogen-bond acceptors (Lipinski definition) is 4. The van der Waals surface area contributed by atoms with E-state index in [1.54, 1.807) is 11.8 Å². The van der Waals surface area contributed by atoms with E-state index in [0.29, 0.717) is 43.1 Å². The molecule has 0 saturated carbocycles. The van der Waals surface area contributed by atoms with Crippen molar-refractivity contribution in [3.63, 3.8) is 0 Å². The number of sulfonamides is 1. The first-order valence-corrected chi connectivity index (χ1v) is 10.7. The second kappa shape index (κ2) is 8.37. The van der Waals surface area contributed by atoms with Crippen LogP contribution in [-0.2, 0) is 14.8 Å². The molecule has 1 heterocycles. The summed E-state index contributed by atoms with van der Waals surface area (Å²) in [4.78, 5) is 13.0. The number of carbonyl (C=O) groups is 1. The summed E-state index contributed by atoms with van der Waals surface area (Å²) in [6, 6.07) is 7.61. The Morgan fingerprint density at radius 1 is 1.30 bits per heavy atom. The van der Waals surface area contributed by atoms with Gasteiger partial charge in [-0.05, 0) is 37.1 Å². The van der Waals surface area contributed by atoms with Crippen LogP contribution < -0.4 is 5.32 Å². The minimum Gasteiger partial charge on any atom is -0.353 e. The molecule has 23 heavy (non-hydrogen) atoms. The zero-order valence-corrected chi connectivity index (χ0v) is 15.4. The predicted octanol–water partition coefficient (Wildman–Crippen LogP) is 2.36. The predicted molar refractivity (Wildman–Crippen MR) is 94.4 cm³/mol. The van der Waals surface area contributed by atoms with E-state index in [1.165, 1.54) is 10.6 Å². The van der Waals surface area contributed by atoms with Crippen LogP contribution >= 0.6 is 23.4 Å². The number of nitrogens with zero attached hydrogens (tertiary/aromatic N) is 1. The van der Waals surface area contributed by atoms with Gasteiger partial charge in [-0.25, -0.2) is 12.7 Å². The third-order valence-electron chi connectivity index (χ3n) is 3.70. The highest BCUT2D eigenvalue weighted by Crippen LogP contribution is 2.21. The molecule has 1 saturated heterocycles. The summed E-state index contributed by atoms with van der Waals surface area (Å²) in [6.45, 7) is 0.951. The van der Waals surface area contributed by atoms with Gasteiger partial charge >= 0.3 is 0 Å². The zero-order chi connectivity index (χ0) is 16.9. The van der Waals surface area contributed by atoms with Crippen molar-refractivity contribution in [2.75, 3.05) is 25.1 Å². The number of hydrogen-bond donors (Lipinski definition) is 1. The standard InChI is InChI=1S/C15H21ClN2O3S2/c1-23(20,21)18-9-6-13(7-10-18)17-15(19)8-11-22-14-4-2-12(16)3-5-14/h2-5,13H,6-11H2,1H3,(H,17,19). The van der Waals surface area contributed by atoms with E-state index in [2.05, 4.69) is 5.32 Å². The fourth-order valence-corrected chi connectivity index (χ4v) is 4.28. The largest absolute Gasteiger partial charge is 0.353 e. The van der Waals surface area contributed by atoms with Crippen molar-refractivity contribution >= 4 is 39.3 Å². The van der Waals surface area contributed by atoms with Crippen LogP contribution in [0.1, 0.15) is 19.3 Å². The lowest BCUT2D eigenvalue weighted by Crippen LogP contribution is -2.46. The van der Waals surface area contributed by atoms with Gasteiger partial charge in [0.15, 0.2) is 0 Å². The van der Waals surface area contributed by atoms with E-state index in [9.17, 15) is 13.2 Å². The smallest absolute Gasteiger partial charge is 0.221 e. The molecular weight excluding hydrogens is 356 g/mol. The maximum atomic E-state index is 12.0. The Hall–Kier alpha value is -0.760. The molecule has 0 atom stereocenters. The van der Waals surface area contributed by atoms with Crippen LogP contribution in [0.3, 0.4) is 0 Å². The van der Waals surface area contributed by atoms with Gasteiger partial charge in [0.05, 0.1) is 6.26 Å². The number of rotatable bonds is 6. The minimum atomic E-state index is -3.12. The second-order valence-corrected chi connectivity index (χ2v) is 9.14. The van der Waals surface area contributed by atoms with E-state index in [-0.39, 0.29) is 11.9 Å². The van der Waals surface area contributed by atoms with Gasteiger partial charge in [0.25, 0.3) is 0 Å². The average molecular weight is 377 g/mol. The highest BCUT2D eigenvalue weighted by molar-refractivity contribution is 7.99. The van der Waals surface area contributed by atoms with Crippen molar-refractivity contribution < 1.29 is 13.2 Å². The monoisotopic (exact) mass is 376 g/mol. The van der Waals surface area contributed by atoms with E-state index < -0.39 is 10.0 Å². The molecule has 2 rings (SSSR count). The van der Waals surface area contributed by atoms with Gasteiger partial charge in [-0.2, -0.15) is 0 Å². The Kier molecular flexibility index (Phi) is 6.76. The number of benzene rings is 1. The van der Waals surface area contributed by atoms with E-state index >= 15 is 0 Å². The molecule has 1 aromatic rings. The Morgan fingerprint density at radius 2 is 1.91 bits per heavy atom. The summed E-state index contributed by atoms with van der Waals surface area (Å²) < 4.78 is 24.3. The van der Waals surface area contributed by atoms with E-state index in [0.717, 1.165) is 4.90 Å². The molecule has 1 aliphatic heterocycles. The van der Waals surface area contributed by atoms with Crippen molar-refractivity contribution in [2.24, 2.45) is 0 Å². The number of nitrogens with one attached hydrogen (secondary N) is 1. The highest BCUT2D eigenvalue weighted by Gasteiger charge is 2.25. The normalized spacial score (nSPS) is 17.1. The molecule has 1 aliphatic rings. The van der Waals surface area contributed by atoms with Crippen LogP contribution in [0.25, 0.3) is 0 Å². The Balaban J connectivity index is 1.66. The lowest BCUT2D eigenvalue weighted by atomic mass is 10.1. The second-order valence-electron chi connectivity index (χ2n) is 5.56. The number of piperidine rings is 1. The molecule has 0 spiro atoms. The van der Waals surface area contributed by atoms with Crippen LogP contribution in [0.5, 0.6) is 0 Å². The van der Waals surface area contributed by atoms with Crippen molar-refractivity contribution in [2.45, 2.75) is 30.2 Å². The first kappa shape index (κ1) is 18.6. The van der Waals surface area contributed by atoms with Crippen molar-refractivity contribution in [1.82, 2.24) is 9.62 Å². The molecule has 8 heteroatoms. The SMILES string of the molecule is CS(=O)(=O)N1CCC(NC(=O)CCSc2ccc(Cl)cc2)CC1. The first-order valence-electron chi connectivity index (χ1n) is 7.47. The summed E-state index contributed by atoms with van der Waals surface area (Å²) in [7, 11) is -3.12. The summed E-state index contributed by atoms with van der Waals surface area (Å²) >= 11 is 7.44. The maximum absolute atomic E-state index is 12.0. The molecule has 1 aromatic carbocycles. The lowest BCUT2D eigenvalue weighted by molar-refractivity contribution is -0.121. The molecule has 0 bridgehead atoms. The van der Waals surface area contributed by atoms with Crippen LogP contribution in [0, 0.1) is 0 Å². The highest BCUT2D eigenvalue weighted by atomic mass is 35.5. The van der Waals surface area contributed by atoms with Gasteiger partial charge < -0.3 is 5.32 Å². The van der Waals surface area contributed by atoms with E-state index in [4.69, 9.17) is 11.6 Å². The fraction of sp³-hybridized carbons (Fsp3) is 0.533. The molecular formula is C15H21ClN2O3S2. The molecule has 0 aromatic heterocycles. The van der Waals surface area contributed by atoms with Crippen LogP contribution in [0.2, 0.25) is 5.02 Å². The van der Waals surface area contributed by atoms with Crippen LogP contribution in [-0.4, -0.2) is 49.8 Å². The third kappa shape index (κ3) is 6.33. The molecule has 0 unspecified atom stereocenters. The van der Waals surface area contributed by atoms with Crippen molar-refractivity contribution in [3.05, 3.63) is 29.3 Å². The Morgan fingerprint density at radius 3 is 2.48 bits per heavy atom. The topological polar surface area (TPSA) is 66.5 Å². The summed E-state index contributed by atoms with van der Waals surface area (Å²) in [5.41, 5.74) is 0. The summed E-state index contributed by atoms with van der Waals surface area (Å²) in [5.74, 6) is 0.722. The quantitative estimate of drug-likeness (QED) is 0.774. The van der Waals surface area contributed by atoms with Gasteiger partial charge in [-0.15, -0.1) is 11.8 Å². The minimum absolute atomic E-state index is 0.0178. The van der Waals surface area contributed by atoms with Crippen molar-refractivity contribution in [3.8, 4) is 0 Å². The average Bonchev–Trinajstić information content (AvgIpc) is 2.49. The van der Waals surface area contributed by atoms with Gasteiger partial charge in [-0.3, -0.25) is 4.79 Å². The molecule has 128 valence electrons. The van der Waals surface area contributed by atoms with E-state index in [1.807, 2.05) is 24.3 Å². The molecule has 5 nitrogen and oxygen atoms in total. The van der Waals surface area contributed by atoms with Crippen LogP contribution in [0.15, 0.2) is 29.2 Å². The summed E-state index contributed by atoms with van der Waals surface area (Å²) in [6.07, 6.45) is 3.01. The van der Waals surface area contributed by atoms with Gasteiger partial charge in [0.2, 0.25) is 15.9 Å². The maximum Gasteiger partial charge on any atom is 0.221 e. The molecule has 0 radical (unpaired) electrons. The molecule has 1 fully saturated rings. The number of amides is 1. The lowest BCUT2D eigenvalue weighted by Gasteiger charge is -2.30. The molecule has 0 aliphatic carbocycles. The molecule has 1 N–H and O–H groups in total. The first-order chi connectivity index (χ1) is 10.8. The van der Waals surface area contributed by atoms with Gasteiger partial charge in [0.1, 0.15) is 0 Å². The Bertz CT molecular complexity index is 627. The number of carbonyl (C=O) groups excluding carboxylic acids is 1. The number of halogens is 1. The zero-order valence-electron chi connectivity index (χ0n) is 13.0.